The molecule has 0 bridgehead atoms. The number of benzene rings is 1. The maximum Gasteiger partial charge on any atom is 0.255 e. The zero-order chi connectivity index (χ0) is 29.0. The summed E-state index contributed by atoms with van der Waals surface area (Å²) in [4.78, 5) is 52.8. The molecule has 0 radical (unpaired) electrons. The van der Waals surface area contributed by atoms with Gasteiger partial charge in [-0.25, -0.2) is 0 Å². The van der Waals surface area contributed by atoms with E-state index in [1.807, 2.05) is 6.92 Å². The van der Waals surface area contributed by atoms with Crippen LogP contribution >= 0.6 is 36.4 Å². The number of phenolic OH excluding ortho intramolecular Hbond substituents is 1. The van der Waals surface area contributed by atoms with Gasteiger partial charge in [0, 0.05) is 11.5 Å². The zero-order valence-corrected chi connectivity index (χ0v) is 24.9. The molecule has 0 spiro atoms. The van der Waals surface area contributed by atoms with Gasteiger partial charge in [0.25, 0.3) is 5.91 Å². The summed E-state index contributed by atoms with van der Waals surface area (Å²) in [5.74, 6) is -8.04. The number of nitrogens with one attached hydrogen (secondary N) is 2. The number of aliphatic hydroxyl groups excluding tert-OH is 2. The molecule has 2 unspecified atom stereocenters. The van der Waals surface area contributed by atoms with Gasteiger partial charge in [0.1, 0.15) is 22.8 Å². The summed E-state index contributed by atoms with van der Waals surface area (Å²) in [7, 11) is 3.05. The molecule has 0 aromatic heterocycles. The second kappa shape index (κ2) is 12.6. The number of Topliss-reactive ketones (excluding diaryl/α,β-unsaturated/α-hetero) is 2. The number of likely N-dealkylation sites (N-methyl/N-ethyl adjacent to an activating group) is 1. The standard InChI is InChI=1S/C26H31ClN4O8.2ClH/c1-4-5-29-9-14(32)30-18-13(27)8-11-6-10-7-12-19(31(2)3)22(35)17(25(28)38)24(37)26(12,39)23(36)16(10)20(33)15(11)21(18)34;;/h8,10,12,19,29,33-34,37,39H,4-7,9H2,1-3H3,(H2,28,38)(H,30,32);2*1H/t10?,12?,19-,26-;;/m0../s1. The number of nitrogens with zero attached hydrogens (tertiary/aromatic N) is 1. The Morgan fingerprint density at radius 3 is 2.39 bits per heavy atom. The van der Waals surface area contributed by atoms with Gasteiger partial charge in [0.05, 0.1) is 23.2 Å². The Bertz CT molecular complexity index is 1360. The summed E-state index contributed by atoms with van der Waals surface area (Å²) >= 11 is 6.37. The topological polar surface area (TPSA) is 203 Å². The number of carbonyl (C=O) groups is 4. The van der Waals surface area contributed by atoms with Crippen LogP contribution in [-0.2, 0) is 25.6 Å². The number of fused-ring (bicyclic) bond motifs is 3. The molecule has 226 valence electrons. The van der Waals surface area contributed by atoms with Crippen molar-refractivity contribution < 1.29 is 39.6 Å². The van der Waals surface area contributed by atoms with E-state index < -0.39 is 69.7 Å². The SMILES string of the molecule is CCCNCC(=O)Nc1c(Cl)cc2c(c1O)C(O)=C1C(=O)[C@]3(O)C(O)=C(C(N)=O)C(=O)[C@@H](N(C)C)C3CC1C2.Cl.Cl. The summed E-state index contributed by atoms with van der Waals surface area (Å²) < 4.78 is 0. The Morgan fingerprint density at radius 2 is 1.83 bits per heavy atom. The van der Waals surface area contributed by atoms with E-state index in [1.54, 1.807) is 0 Å². The fourth-order valence-electron chi connectivity index (χ4n) is 5.95. The minimum atomic E-state index is -2.73. The Balaban J connectivity index is 0.00000294. The number of phenols is 1. The summed E-state index contributed by atoms with van der Waals surface area (Å²) in [5.41, 5.74) is 1.48. The van der Waals surface area contributed by atoms with E-state index in [4.69, 9.17) is 17.3 Å². The molecule has 3 aliphatic carbocycles. The van der Waals surface area contributed by atoms with E-state index in [2.05, 4.69) is 10.6 Å². The highest BCUT2D eigenvalue weighted by atomic mass is 35.5. The number of aliphatic hydroxyl groups is 3. The molecule has 2 amide bonds. The molecule has 1 fully saturated rings. The largest absolute Gasteiger partial charge is 0.508 e. The molecule has 15 heteroatoms. The molecule has 4 atom stereocenters. The minimum absolute atomic E-state index is 0. The van der Waals surface area contributed by atoms with E-state index in [1.165, 1.54) is 25.1 Å². The van der Waals surface area contributed by atoms with Crippen molar-refractivity contribution in [1.82, 2.24) is 10.2 Å². The molecular formula is C26H33Cl3N4O8. The summed E-state index contributed by atoms with van der Waals surface area (Å²) in [6.07, 6.45) is 0.858. The molecule has 0 saturated heterocycles. The lowest BCUT2D eigenvalue weighted by molar-refractivity contribution is -0.153. The predicted molar refractivity (Wildman–Crippen MR) is 156 cm³/mol. The number of rotatable bonds is 7. The van der Waals surface area contributed by atoms with Crippen LogP contribution in [0.25, 0.3) is 5.76 Å². The van der Waals surface area contributed by atoms with Gasteiger partial charge < -0.3 is 36.8 Å². The maximum atomic E-state index is 13.8. The predicted octanol–water partition coefficient (Wildman–Crippen LogP) is 1.40. The van der Waals surface area contributed by atoms with Crippen LogP contribution in [0.3, 0.4) is 0 Å². The molecular weight excluding hydrogens is 603 g/mol. The Hall–Kier alpha value is -2.87. The van der Waals surface area contributed by atoms with Gasteiger partial charge >= 0.3 is 0 Å². The lowest BCUT2D eigenvalue weighted by Gasteiger charge is -2.50. The van der Waals surface area contributed by atoms with E-state index in [-0.39, 0.29) is 66.0 Å². The number of carbonyl (C=O) groups excluding carboxylic acids is 4. The first-order valence-corrected chi connectivity index (χ1v) is 12.8. The normalized spacial score (nSPS) is 25.1. The first-order valence-electron chi connectivity index (χ1n) is 12.5. The fraction of sp³-hybridized carbons (Fsp3) is 0.462. The van der Waals surface area contributed by atoms with Crippen LogP contribution in [0.15, 0.2) is 23.0 Å². The van der Waals surface area contributed by atoms with Crippen LogP contribution in [0.2, 0.25) is 5.02 Å². The molecule has 3 aliphatic rings. The van der Waals surface area contributed by atoms with Crippen molar-refractivity contribution in [3.05, 3.63) is 39.1 Å². The lowest BCUT2D eigenvalue weighted by Crippen LogP contribution is -2.65. The minimum Gasteiger partial charge on any atom is -0.508 e. The number of ketones is 2. The van der Waals surface area contributed by atoms with Gasteiger partial charge in [-0.05, 0) is 57.5 Å². The molecule has 1 saturated carbocycles. The molecule has 8 N–H and O–H groups in total. The van der Waals surface area contributed by atoms with Gasteiger partial charge in [-0.3, -0.25) is 24.1 Å². The van der Waals surface area contributed by atoms with Crippen molar-refractivity contribution in [2.75, 3.05) is 32.5 Å². The van der Waals surface area contributed by atoms with E-state index in [0.717, 1.165) is 6.42 Å². The van der Waals surface area contributed by atoms with Gasteiger partial charge in [-0.15, -0.1) is 24.8 Å². The summed E-state index contributed by atoms with van der Waals surface area (Å²) in [5, 5.41) is 50.3. The van der Waals surface area contributed by atoms with Gasteiger partial charge in [-0.2, -0.15) is 0 Å². The first-order chi connectivity index (χ1) is 18.3. The number of anilines is 1. The Labute approximate surface area is 253 Å². The van der Waals surface area contributed by atoms with Crippen molar-refractivity contribution in [3.63, 3.8) is 0 Å². The Kier molecular flexibility index (Phi) is 10.5. The van der Waals surface area contributed by atoms with Gasteiger partial charge in [0.2, 0.25) is 11.7 Å². The number of nitrogens with two attached hydrogens (primary N) is 1. The van der Waals surface area contributed by atoms with E-state index in [9.17, 15) is 39.6 Å². The molecule has 0 heterocycles. The van der Waals surface area contributed by atoms with Crippen LogP contribution in [-0.4, -0.2) is 87.5 Å². The third-order valence-electron chi connectivity index (χ3n) is 7.64. The van der Waals surface area contributed by atoms with Gasteiger partial charge in [0.15, 0.2) is 17.1 Å². The van der Waals surface area contributed by atoms with E-state index >= 15 is 0 Å². The number of halogens is 3. The second-order valence-corrected chi connectivity index (χ2v) is 10.7. The third-order valence-corrected chi connectivity index (χ3v) is 7.94. The van der Waals surface area contributed by atoms with Crippen molar-refractivity contribution in [2.45, 2.75) is 37.8 Å². The van der Waals surface area contributed by atoms with Gasteiger partial charge in [-0.1, -0.05) is 18.5 Å². The summed E-state index contributed by atoms with van der Waals surface area (Å²) in [6.45, 7) is 2.47. The monoisotopic (exact) mass is 634 g/mol. The molecule has 12 nitrogen and oxygen atoms in total. The average molecular weight is 636 g/mol. The highest BCUT2D eigenvalue weighted by Gasteiger charge is 2.64. The van der Waals surface area contributed by atoms with Crippen molar-refractivity contribution >= 4 is 71.2 Å². The number of hydrogen-bond acceptors (Lipinski definition) is 10. The number of primary amides is 1. The van der Waals surface area contributed by atoms with Crippen molar-refractivity contribution in [2.24, 2.45) is 17.6 Å². The number of amides is 2. The smallest absolute Gasteiger partial charge is 0.255 e. The lowest BCUT2D eigenvalue weighted by atomic mass is 9.57. The Morgan fingerprint density at radius 1 is 1.20 bits per heavy atom. The van der Waals surface area contributed by atoms with Crippen molar-refractivity contribution in [1.29, 1.82) is 0 Å². The third kappa shape index (κ3) is 5.40. The quantitative estimate of drug-likeness (QED) is 0.130. The van der Waals surface area contributed by atoms with Crippen LogP contribution < -0.4 is 16.4 Å². The maximum absolute atomic E-state index is 13.8. The van der Waals surface area contributed by atoms with Crippen LogP contribution in [0.1, 0.15) is 30.9 Å². The molecule has 0 aliphatic heterocycles. The summed E-state index contributed by atoms with van der Waals surface area (Å²) in [6, 6.07) is 0.292. The van der Waals surface area contributed by atoms with E-state index in [0.29, 0.717) is 12.1 Å². The van der Waals surface area contributed by atoms with Crippen molar-refractivity contribution in [3.8, 4) is 5.75 Å². The molecule has 41 heavy (non-hydrogen) atoms. The zero-order valence-electron chi connectivity index (χ0n) is 22.5. The first kappa shape index (κ1) is 34.3. The number of hydrogen-bond donors (Lipinski definition) is 7. The van der Waals surface area contributed by atoms with Crippen LogP contribution in [0.5, 0.6) is 5.75 Å². The fourth-order valence-corrected chi connectivity index (χ4v) is 6.21. The van der Waals surface area contributed by atoms with Crippen LogP contribution in [0, 0.1) is 11.8 Å². The molecule has 4 rings (SSSR count). The average Bonchev–Trinajstić information content (AvgIpc) is 2.83. The molecule has 1 aromatic carbocycles. The molecule has 1 aromatic rings. The second-order valence-electron chi connectivity index (χ2n) is 10.3. The highest BCUT2D eigenvalue weighted by Crippen LogP contribution is 2.54. The highest BCUT2D eigenvalue weighted by molar-refractivity contribution is 6.34. The number of aromatic hydroxyl groups is 1. The van der Waals surface area contributed by atoms with Crippen LogP contribution in [0.4, 0.5) is 5.69 Å².